The van der Waals surface area contributed by atoms with E-state index in [0.717, 1.165) is 18.9 Å². The van der Waals surface area contributed by atoms with Gasteiger partial charge in [0, 0.05) is 25.8 Å². The maximum absolute atomic E-state index is 15.9. The summed E-state index contributed by atoms with van der Waals surface area (Å²) in [5.74, 6) is -1.37. The number of likely N-dealkylation sites (tertiary alicyclic amines) is 1. The highest BCUT2D eigenvalue weighted by Crippen LogP contribution is 2.48. The second kappa shape index (κ2) is 8.47. The molecule has 0 saturated carbocycles. The number of aromatic nitrogens is 1. The summed E-state index contributed by atoms with van der Waals surface area (Å²) in [6.45, 7) is 6.93. The number of benzene rings is 2. The minimum atomic E-state index is -1.39. The normalized spacial score (nSPS) is 20.1. The highest BCUT2D eigenvalue weighted by Gasteiger charge is 2.44. The Bertz CT molecular complexity index is 1560. The molecule has 0 radical (unpaired) electrons. The van der Waals surface area contributed by atoms with Gasteiger partial charge < -0.3 is 28.9 Å². The first kappa shape index (κ1) is 24.3. The monoisotopic (exact) mass is 521 g/mol. The largest absolute Gasteiger partial charge is 0.477 e. The van der Waals surface area contributed by atoms with E-state index >= 15 is 4.39 Å². The van der Waals surface area contributed by atoms with Crippen LogP contribution in [0, 0.1) is 11.7 Å². The first-order valence-electron chi connectivity index (χ1n) is 12.7. The standard InChI is InChI=1S/C28H28FN3O6/c1-28(2,3)38-27(36)31-10-6-7-15-12-30(14-20(15)31)23-18(29)11-16-22-25(23)37-21-9-5-4-8-19(21)32(22)13-17(24(16)33)26(34)35/h4-5,8-9,11,13,15,20H,6-7,10,12,14H2,1-3H3,(H,34,35). The molecule has 0 aliphatic carbocycles. The number of rotatable bonds is 2. The van der Waals surface area contributed by atoms with E-state index in [4.69, 9.17) is 9.47 Å². The molecule has 1 amide bonds. The fraction of sp³-hybridized carbons (Fsp3) is 0.393. The molecule has 3 aliphatic rings. The van der Waals surface area contributed by atoms with Crippen LogP contribution in [0.1, 0.15) is 44.0 Å². The molecule has 2 unspecified atom stereocenters. The van der Waals surface area contributed by atoms with Crippen LogP contribution in [0.5, 0.6) is 11.5 Å². The first-order valence-corrected chi connectivity index (χ1v) is 12.7. The Morgan fingerprint density at radius 2 is 1.95 bits per heavy atom. The van der Waals surface area contributed by atoms with Crippen LogP contribution in [-0.4, -0.2) is 57.9 Å². The van der Waals surface area contributed by atoms with Gasteiger partial charge in [0.1, 0.15) is 22.4 Å². The number of anilines is 1. The van der Waals surface area contributed by atoms with Crippen molar-refractivity contribution in [3.63, 3.8) is 0 Å². The van der Waals surface area contributed by atoms with Crippen LogP contribution in [0.4, 0.5) is 14.9 Å². The smallest absolute Gasteiger partial charge is 0.410 e. The third kappa shape index (κ3) is 3.77. The number of hydrogen-bond donors (Lipinski definition) is 1. The number of halogens is 1. The number of nitrogens with zero attached hydrogens (tertiary/aromatic N) is 3. The molecule has 6 rings (SSSR count). The van der Waals surface area contributed by atoms with Gasteiger partial charge in [0.25, 0.3) is 0 Å². The van der Waals surface area contributed by atoms with E-state index in [0.29, 0.717) is 36.6 Å². The zero-order chi connectivity index (χ0) is 26.9. The summed E-state index contributed by atoms with van der Waals surface area (Å²) < 4.78 is 29.4. The minimum absolute atomic E-state index is 0.0670. The third-order valence-electron chi connectivity index (χ3n) is 7.46. The van der Waals surface area contributed by atoms with Crippen LogP contribution in [0.15, 0.2) is 41.3 Å². The molecule has 2 saturated heterocycles. The van der Waals surface area contributed by atoms with E-state index in [9.17, 15) is 19.5 Å². The molecule has 2 fully saturated rings. The number of ether oxygens (including phenoxy) is 2. The Morgan fingerprint density at radius 3 is 2.68 bits per heavy atom. The minimum Gasteiger partial charge on any atom is -0.477 e. The van der Waals surface area contributed by atoms with E-state index in [1.54, 1.807) is 33.7 Å². The predicted molar refractivity (Wildman–Crippen MR) is 138 cm³/mol. The van der Waals surface area contributed by atoms with Crippen LogP contribution in [-0.2, 0) is 4.74 Å². The van der Waals surface area contributed by atoms with Gasteiger partial charge in [-0.25, -0.2) is 14.0 Å². The van der Waals surface area contributed by atoms with Crippen molar-refractivity contribution in [2.75, 3.05) is 24.5 Å². The van der Waals surface area contributed by atoms with Crippen LogP contribution in [0.3, 0.4) is 0 Å². The van der Waals surface area contributed by atoms with Gasteiger partial charge in [-0.3, -0.25) is 4.79 Å². The first-order chi connectivity index (χ1) is 18.0. The molecule has 2 atom stereocenters. The Morgan fingerprint density at radius 1 is 1.18 bits per heavy atom. The SMILES string of the molecule is CC(C)(C)OC(=O)N1CCCC2CN(c3c(F)cc4c(=O)c(C(=O)O)cn5c4c3Oc3ccccc3-5)CC21. The molecule has 3 aromatic rings. The summed E-state index contributed by atoms with van der Waals surface area (Å²) in [5, 5.41) is 9.58. The average Bonchev–Trinajstić information content (AvgIpc) is 3.28. The molecule has 4 heterocycles. The lowest BCUT2D eigenvalue weighted by Crippen LogP contribution is -2.50. The third-order valence-corrected chi connectivity index (χ3v) is 7.46. The number of amides is 1. The highest BCUT2D eigenvalue weighted by molar-refractivity contribution is 5.99. The molecule has 38 heavy (non-hydrogen) atoms. The van der Waals surface area contributed by atoms with Crippen molar-refractivity contribution in [1.82, 2.24) is 9.47 Å². The molecule has 3 aliphatic heterocycles. The maximum atomic E-state index is 15.9. The topological polar surface area (TPSA) is 101 Å². The second-order valence-corrected chi connectivity index (χ2v) is 11.1. The van der Waals surface area contributed by atoms with Gasteiger partial charge in [-0.15, -0.1) is 0 Å². The van der Waals surface area contributed by atoms with Crippen LogP contribution < -0.4 is 15.1 Å². The molecule has 1 N–H and O–H groups in total. The van der Waals surface area contributed by atoms with Crippen molar-refractivity contribution in [2.24, 2.45) is 5.92 Å². The Kier molecular flexibility index (Phi) is 5.41. The summed E-state index contributed by atoms with van der Waals surface area (Å²) >= 11 is 0. The summed E-state index contributed by atoms with van der Waals surface area (Å²) in [6, 6.07) is 7.95. The van der Waals surface area contributed by atoms with Gasteiger partial charge in [-0.2, -0.15) is 0 Å². The number of carbonyl (C=O) groups excluding carboxylic acids is 1. The molecule has 0 spiro atoms. The zero-order valence-electron chi connectivity index (χ0n) is 21.4. The number of aromatic carboxylic acids is 1. The van der Waals surface area contributed by atoms with E-state index in [-0.39, 0.29) is 34.9 Å². The molecular formula is C28H28FN3O6. The van der Waals surface area contributed by atoms with Crippen molar-refractivity contribution in [1.29, 1.82) is 0 Å². The van der Waals surface area contributed by atoms with Crippen molar-refractivity contribution < 1.29 is 28.6 Å². The van der Waals surface area contributed by atoms with Crippen molar-refractivity contribution >= 4 is 28.7 Å². The number of para-hydroxylation sites is 2. The van der Waals surface area contributed by atoms with Gasteiger partial charge in [-0.05, 0) is 57.7 Å². The summed E-state index contributed by atoms with van der Waals surface area (Å²) in [4.78, 5) is 41.5. The number of pyridine rings is 1. The molecule has 1 aromatic heterocycles. The van der Waals surface area contributed by atoms with Crippen molar-refractivity contribution in [3.05, 3.63) is 58.1 Å². The van der Waals surface area contributed by atoms with Gasteiger partial charge in [0.2, 0.25) is 5.43 Å². The number of piperidine rings is 1. The molecule has 10 heteroatoms. The lowest BCUT2D eigenvalue weighted by Gasteiger charge is -2.37. The molecular weight excluding hydrogens is 493 g/mol. The van der Waals surface area contributed by atoms with Gasteiger partial charge in [0.15, 0.2) is 17.3 Å². The molecule has 198 valence electrons. The number of hydrogen-bond acceptors (Lipinski definition) is 6. The van der Waals surface area contributed by atoms with Crippen LogP contribution >= 0.6 is 0 Å². The van der Waals surface area contributed by atoms with Crippen LogP contribution in [0.25, 0.3) is 16.6 Å². The van der Waals surface area contributed by atoms with Crippen LogP contribution in [0.2, 0.25) is 0 Å². The molecule has 2 aromatic carbocycles. The summed E-state index contributed by atoms with van der Waals surface area (Å²) in [6.07, 6.45) is 2.60. The molecule has 0 bridgehead atoms. The fourth-order valence-electron chi connectivity index (χ4n) is 5.91. The van der Waals surface area contributed by atoms with Gasteiger partial charge in [0.05, 0.1) is 17.1 Å². The highest BCUT2D eigenvalue weighted by atomic mass is 19.1. The number of fused-ring (bicyclic) bond motifs is 3. The Balaban J connectivity index is 1.48. The van der Waals surface area contributed by atoms with Crippen molar-refractivity contribution in [3.8, 4) is 17.2 Å². The van der Waals surface area contributed by atoms with Gasteiger partial charge in [-0.1, -0.05) is 12.1 Å². The summed E-state index contributed by atoms with van der Waals surface area (Å²) in [7, 11) is 0. The zero-order valence-corrected chi connectivity index (χ0v) is 21.4. The van der Waals surface area contributed by atoms with Gasteiger partial charge >= 0.3 is 12.1 Å². The Labute approximate surface area is 218 Å². The quantitative estimate of drug-likeness (QED) is 0.406. The number of carboxylic acid groups (broad SMARTS) is 1. The summed E-state index contributed by atoms with van der Waals surface area (Å²) in [5.41, 5.74) is -0.791. The van der Waals surface area contributed by atoms with E-state index in [1.807, 2.05) is 25.7 Å². The van der Waals surface area contributed by atoms with E-state index < -0.39 is 28.4 Å². The van der Waals surface area contributed by atoms with E-state index in [2.05, 4.69) is 0 Å². The maximum Gasteiger partial charge on any atom is 0.410 e. The van der Waals surface area contributed by atoms with E-state index in [1.165, 1.54) is 6.20 Å². The lowest BCUT2D eigenvalue weighted by atomic mass is 9.92. The second-order valence-electron chi connectivity index (χ2n) is 11.1. The fourth-order valence-corrected chi connectivity index (χ4v) is 5.91. The average molecular weight is 522 g/mol. The Hall–Kier alpha value is -4.08. The number of carbonyl (C=O) groups is 2. The molecule has 9 nitrogen and oxygen atoms in total. The lowest BCUT2D eigenvalue weighted by molar-refractivity contribution is 0.00668. The van der Waals surface area contributed by atoms with Crippen molar-refractivity contribution in [2.45, 2.75) is 45.3 Å². The number of carboxylic acids is 1. The predicted octanol–water partition coefficient (Wildman–Crippen LogP) is 4.77.